The molecule has 1 rings (SSSR count). The van der Waals surface area contributed by atoms with Gasteiger partial charge >= 0.3 is 0 Å². The normalized spacial score (nSPS) is 12.4. The molecule has 0 aliphatic heterocycles. The molecule has 3 nitrogen and oxygen atoms in total. The molecule has 0 heterocycles. The average molecular weight is 265 g/mol. The van der Waals surface area contributed by atoms with Crippen molar-refractivity contribution in [2.24, 2.45) is 5.73 Å². The summed E-state index contributed by atoms with van der Waals surface area (Å²) in [5.41, 5.74) is 6.89. The van der Waals surface area contributed by atoms with Crippen molar-refractivity contribution in [2.75, 3.05) is 20.3 Å². The Hall–Kier alpha value is -1.06. The van der Waals surface area contributed by atoms with E-state index in [0.29, 0.717) is 6.54 Å². The summed E-state index contributed by atoms with van der Waals surface area (Å²) in [5, 5.41) is 0. The largest absolute Gasteiger partial charge is 0.497 e. The molecule has 0 radical (unpaired) electrons. The molecule has 2 N–H and O–H groups in total. The minimum absolute atomic E-state index is 0.0266. The molecule has 1 aromatic carbocycles. The maximum Gasteiger partial charge on any atom is 0.119 e. The van der Waals surface area contributed by atoms with Gasteiger partial charge in [-0.1, -0.05) is 44.7 Å². The number of hydrogen-bond acceptors (Lipinski definition) is 3. The number of unbranched alkanes of at least 4 members (excludes halogenated alkanes) is 4. The maximum atomic E-state index is 5.88. The van der Waals surface area contributed by atoms with Crippen LogP contribution in [-0.2, 0) is 4.74 Å². The Labute approximate surface area is 117 Å². The molecule has 0 amide bonds. The van der Waals surface area contributed by atoms with Crippen LogP contribution in [0.25, 0.3) is 0 Å². The first kappa shape index (κ1) is 16.0. The molecule has 108 valence electrons. The second kappa shape index (κ2) is 9.82. The van der Waals surface area contributed by atoms with E-state index in [2.05, 4.69) is 6.92 Å². The zero-order valence-corrected chi connectivity index (χ0v) is 12.2. The van der Waals surface area contributed by atoms with Crippen molar-refractivity contribution in [3.63, 3.8) is 0 Å². The van der Waals surface area contributed by atoms with Crippen LogP contribution in [-0.4, -0.2) is 20.3 Å². The molecule has 3 heteroatoms. The first-order chi connectivity index (χ1) is 9.31. The fourth-order valence-corrected chi connectivity index (χ4v) is 2.07. The highest BCUT2D eigenvalue weighted by Crippen LogP contribution is 2.21. The minimum Gasteiger partial charge on any atom is -0.497 e. The van der Waals surface area contributed by atoms with Gasteiger partial charge < -0.3 is 15.2 Å². The van der Waals surface area contributed by atoms with Crippen LogP contribution in [0.1, 0.15) is 50.7 Å². The van der Waals surface area contributed by atoms with Crippen LogP contribution in [0.15, 0.2) is 24.3 Å². The highest BCUT2D eigenvalue weighted by molar-refractivity contribution is 5.30. The van der Waals surface area contributed by atoms with E-state index in [1.165, 1.54) is 25.7 Å². The van der Waals surface area contributed by atoms with Crippen molar-refractivity contribution in [1.82, 2.24) is 0 Å². The molecule has 0 aliphatic rings. The molecular weight excluding hydrogens is 238 g/mol. The number of rotatable bonds is 10. The summed E-state index contributed by atoms with van der Waals surface area (Å²) in [4.78, 5) is 0. The predicted octanol–water partition coefficient (Wildman–Crippen LogP) is 3.68. The fourth-order valence-electron chi connectivity index (χ4n) is 2.07. The van der Waals surface area contributed by atoms with E-state index in [4.69, 9.17) is 15.2 Å². The van der Waals surface area contributed by atoms with E-state index in [1.807, 2.05) is 24.3 Å². The lowest BCUT2D eigenvalue weighted by molar-refractivity contribution is 0.0556. The van der Waals surface area contributed by atoms with Crippen LogP contribution < -0.4 is 10.5 Å². The highest BCUT2D eigenvalue weighted by Gasteiger charge is 2.10. The van der Waals surface area contributed by atoms with E-state index in [9.17, 15) is 0 Å². The standard InChI is InChI=1S/C16H27NO2/c1-3-4-5-6-7-11-19-16(13-17)14-9-8-10-15(12-14)18-2/h8-10,12,16H,3-7,11,13,17H2,1-2H3. The average Bonchev–Trinajstić information content (AvgIpc) is 2.46. The zero-order chi connectivity index (χ0) is 13.9. The van der Waals surface area contributed by atoms with Gasteiger partial charge in [-0.3, -0.25) is 0 Å². The first-order valence-electron chi connectivity index (χ1n) is 7.27. The summed E-state index contributed by atoms with van der Waals surface area (Å²) in [6.45, 7) is 3.51. The minimum atomic E-state index is -0.0266. The number of ether oxygens (including phenoxy) is 2. The van der Waals surface area contributed by atoms with Crippen LogP contribution in [0.5, 0.6) is 5.75 Å². The number of methoxy groups -OCH3 is 1. The molecular formula is C16H27NO2. The van der Waals surface area contributed by atoms with Gasteiger partial charge in [0.2, 0.25) is 0 Å². The second-order valence-electron chi connectivity index (χ2n) is 4.79. The van der Waals surface area contributed by atoms with Gasteiger partial charge in [-0.25, -0.2) is 0 Å². The smallest absolute Gasteiger partial charge is 0.119 e. The van der Waals surface area contributed by atoms with Crippen molar-refractivity contribution >= 4 is 0 Å². The quantitative estimate of drug-likeness (QED) is 0.656. The van der Waals surface area contributed by atoms with Gasteiger partial charge in [-0.15, -0.1) is 0 Å². The van der Waals surface area contributed by atoms with Crippen molar-refractivity contribution in [3.8, 4) is 5.75 Å². The molecule has 1 atom stereocenters. The summed E-state index contributed by atoms with van der Waals surface area (Å²) >= 11 is 0. The molecule has 1 unspecified atom stereocenters. The fraction of sp³-hybridized carbons (Fsp3) is 0.625. The summed E-state index contributed by atoms with van der Waals surface area (Å²) in [6.07, 6.45) is 6.21. The van der Waals surface area contributed by atoms with Crippen molar-refractivity contribution in [1.29, 1.82) is 0 Å². The first-order valence-corrected chi connectivity index (χ1v) is 7.27. The summed E-state index contributed by atoms with van der Waals surface area (Å²) < 4.78 is 11.1. The topological polar surface area (TPSA) is 44.5 Å². The van der Waals surface area contributed by atoms with Crippen molar-refractivity contribution < 1.29 is 9.47 Å². The van der Waals surface area contributed by atoms with E-state index in [0.717, 1.165) is 24.3 Å². The SMILES string of the molecule is CCCCCCCOC(CN)c1cccc(OC)c1. The van der Waals surface area contributed by atoms with Crippen LogP contribution in [0.3, 0.4) is 0 Å². The van der Waals surface area contributed by atoms with Crippen LogP contribution in [0.2, 0.25) is 0 Å². The Morgan fingerprint density at radius 1 is 1.16 bits per heavy atom. The Morgan fingerprint density at radius 3 is 2.63 bits per heavy atom. The van der Waals surface area contributed by atoms with Crippen LogP contribution in [0, 0.1) is 0 Å². The number of nitrogens with two attached hydrogens (primary N) is 1. The molecule has 0 saturated carbocycles. The van der Waals surface area contributed by atoms with Crippen LogP contribution >= 0.6 is 0 Å². The third-order valence-corrected chi connectivity index (χ3v) is 3.25. The van der Waals surface area contributed by atoms with Gasteiger partial charge in [-0.05, 0) is 24.1 Å². The van der Waals surface area contributed by atoms with Gasteiger partial charge in [0.1, 0.15) is 5.75 Å². The monoisotopic (exact) mass is 265 g/mol. The van der Waals surface area contributed by atoms with E-state index < -0.39 is 0 Å². The van der Waals surface area contributed by atoms with E-state index in [1.54, 1.807) is 7.11 Å². The van der Waals surface area contributed by atoms with Crippen LogP contribution in [0.4, 0.5) is 0 Å². The lowest BCUT2D eigenvalue weighted by Crippen LogP contribution is -2.16. The van der Waals surface area contributed by atoms with E-state index >= 15 is 0 Å². The van der Waals surface area contributed by atoms with Gasteiger partial charge in [0.05, 0.1) is 13.2 Å². The number of hydrogen-bond donors (Lipinski definition) is 1. The lowest BCUT2D eigenvalue weighted by atomic mass is 10.1. The summed E-state index contributed by atoms with van der Waals surface area (Å²) in [6, 6.07) is 7.94. The molecule has 19 heavy (non-hydrogen) atoms. The van der Waals surface area contributed by atoms with Crippen molar-refractivity contribution in [2.45, 2.75) is 45.1 Å². The summed E-state index contributed by atoms with van der Waals surface area (Å²) in [7, 11) is 1.67. The Balaban J connectivity index is 2.35. The Morgan fingerprint density at radius 2 is 1.95 bits per heavy atom. The Kier molecular flexibility index (Phi) is 8.26. The van der Waals surface area contributed by atoms with Gasteiger partial charge in [0, 0.05) is 13.2 Å². The predicted molar refractivity (Wildman–Crippen MR) is 79.5 cm³/mol. The third kappa shape index (κ3) is 6.08. The Bertz CT molecular complexity index is 341. The molecule has 0 fully saturated rings. The molecule has 1 aromatic rings. The summed E-state index contributed by atoms with van der Waals surface area (Å²) in [5.74, 6) is 0.850. The molecule has 0 spiro atoms. The molecule has 0 aromatic heterocycles. The molecule has 0 bridgehead atoms. The highest BCUT2D eigenvalue weighted by atomic mass is 16.5. The van der Waals surface area contributed by atoms with Crippen molar-refractivity contribution in [3.05, 3.63) is 29.8 Å². The lowest BCUT2D eigenvalue weighted by Gasteiger charge is -2.17. The number of benzene rings is 1. The van der Waals surface area contributed by atoms with Gasteiger partial charge in [0.15, 0.2) is 0 Å². The molecule has 0 aliphatic carbocycles. The third-order valence-electron chi connectivity index (χ3n) is 3.25. The zero-order valence-electron chi connectivity index (χ0n) is 12.2. The second-order valence-corrected chi connectivity index (χ2v) is 4.79. The van der Waals surface area contributed by atoms with E-state index in [-0.39, 0.29) is 6.10 Å². The van der Waals surface area contributed by atoms with Gasteiger partial charge in [0.25, 0.3) is 0 Å². The van der Waals surface area contributed by atoms with Gasteiger partial charge in [-0.2, -0.15) is 0 Å². The molecule has 0 saturated heterocycles. The maximum absolute atomic E-state index is 5.88.